The molecule has 158 valence electrons. The summed E-state index contributed by atoms with van der Waals surface area (Å²) < 4.78 is 0. The van der Waals surface area contributed by atoms with Crippen LogP contribution in [0.1, 0.15) is 48.4 Å². The summed E-state index contributed by atoms with van der Waals surface area (Å²) >= 11 is 0. The number of nitrogens with zero attached hydrogens (tertiary/aromatic N) is 2. The van der Waals surface area contributed by atoms with Crippen molar-refractivity contribution in [2.45, 2.75) is 52.1 Å². The van der Waals surface area contributed by atoms with Gasteiger partial charge in [0.15, 0.2) is 0 Å². The van der Waals surface area contributed by atoms with Crippen LogP contribution in [-0.2, 0) is 0 Å². The molecule has 1 aromatic carbocycles. The lowest BCUT2D eigenvalue weighted by Gasteiger charge is -2.27. The van der Waals surface area contributed by atoms with Gasteiger partial charge >= 0.3 is 0 Å². The van der Waals surface area contributed by atoms with Gasteiger partial charge in [-0.2, -0.15) is 0 Å². The average Bonchev–Trinajstić information content (AvgIpc) is 2.57. The van der Waals surface area contributed by atoms with Gasteiger partial charge in [0.2, 0.25) is 0 Å². The molecular formula is C20H32N2O6. The minimum atomic E-state index is -0.764. The molecule has 2 amide bonds. The quantitative estimate of drug-likeness (QED) is 0.445. The van der Waals surface area contributed by atoms with Gasteiger partial charge in [-0.25, -0.2) is 0 Å². The van der Waals surface area contributed by atoms with E-state index in [1.807, 2.05) is 0 Å². The van der Waals surface area contributed by atoms with Crippen LogP contribution in [0.15, 0.2) is 24.3 Å². The number of hydrogen-bond acceptors (Lipinski definition) is 6. The number of aliphatic hydroxyl groups excluding tert-OH is 4. The highest BCUT2D eigenvalue weighted by Crippen LogP contribution is 2.13. The first-order chi connectivity index (χ1) is 13.0. The Kier molecular flexibility index (Phi) is 9.54. The van der Waals surface area contributed by atoms with Gasteiger partial charge in [-0.3, -0.25) is 9.59 Å². The molecule has 0 saturated heterocycles. The van der Waals surface area contributed by atoms with Crippen LogP contribution in [0.25, 0.3) is 0 Å². The van der Waals surface area contributed by atoms with Crippen molar-refractivity contribution >= 4 is 11.8 Å². The van der Waals surface area contributed by atoms with Crippen molar-refractivity contribution in [2.75, 3.05) is 26.2 Å². The molecule has 0 saturated carbocycles. The first-order valence-corrected chi connectivity index (χ1v) is 9.42. The van der Waals surface area contributed by atoms with Crippen molar-refractivity contribution in [3.05, 3.63) is 35.4 Å². The number of benzene rings is 1. The Morgan fingerprint density at radius 2 is 1.00 bits per heavy atom. The van der Waals surface area contributed by atoms with E-state index >= 15 is 0 Å². The lowest BCUT2D eigenvalue weighted by molar-refractivity contribution is 0.0510. The SMILES string of the molecule is CC(O)CN(CC(C)O)C(=O)c1cccc(C(=O)N(CC(C)O)CC(C)O)c1. The molecule has 0 aromatic heterocycles. The van der Waals surface area contributed by atoms with Crippen LogP contribution in [0.5, 0.6) is 0 Å². The van der Waals surface area contributed by atoms with Crippen molar-refractivity contribution < 1.29 is 30.0 Å². The van der Waals surface area contributed by atoms with Crippen LogP contribution in [-0.4, -0.2) is 92.6 Å². The summed E-state index contributed by atoms with van der Waals surface area (Å²) in [5.41, 5.74) is 0.502. The van der Waals surface area contributed by atoms with Crippen LogP contribution in [0.4, 0.5) is 0 Å². The maximum Gasteiger partial charge on any atom is 0.254 e. The van der Waals surface area contributed by atoms with Crippen LogP contribution in [0.2, 0.25) is 0 Å². The fourth-order valence-corrected chi connectivity index (χ4v) is 2.91. The molecule has 0 aliphatic carbocycles. The Balaban J connectivity index is 3.10. The highest BCUT2D eigenvalue weighted by Gasteiger charge is 2.23. The van der Waals surface area contributed by atoms with E-state index in [1.165, 1.54) is 15.9 Å². The second-order valence-electron chi connectivity index (χ2n) is 7.40. The number of carbonyl (C=O) groups excluding carboxylic acids is 2. The molecular weight excluding hydrogens is 364 g/mol. The van der Waals surface area contributed by atoms with Crippen LogP contribution < -0.4 is 0 Å². The van der Waals surface area contributed by atoms with E-state index in [4.69, 9.17) is 0 Å². The van der Waals surface area contributed by atoms with Crippen molar-refractivity contribution in [2.24, 2.45) is 0 Å². The predicted octanol–water partition coefficient (Wildman–Crippen LogP) is 0.0942. The van der Waals surface area contributed by atoms with Crippen molar-refractivity contribution in [1.82, 2.24) is 9.80 Å². The molecule has 4 atom stereocenters. The van der Waals surface area contributed by atoms with Gasteiger partial charge in [0, 0.05) is 37.3 Å². The lowest BCUT2D eigenvalue weighted by atomic mass is 10.1. The van der Waals surface area contributed by atoms with Gasteiger partial charge in [0.25, 0.3) is 11.8 Å². The van der Waals surface area contributed by atoms with Crippen molar-refractivity contribution in [3.63, 3.8) is 0 Å². The van der Waals surface area contributed by atoms with E-state index in [2.05, 4.69) is 0 Å². The van der Waals surface area contributed by atoms with Crippen LogP contribution >= 0.6 is 0 Å². The molecule has 0 fully saturated rings. The summed E-state index contributed by atoms with van der Waals surface area (Å²) in [7, 11) is 0. The third-order valence-corrected chi connectivity index (χ3v) is 3.87. The monoisotopic (exact) mass is 396 g/mol. The molecule has 0 aliphatic rings. The molecule has 1 rings (SSSR count). The number of rotatable bonds is 10. The van der Waals surface area contributed by atoms with Gasteiger partial charge in [-0.1, -0.05) is 6.07 Å². The first-order valence-electron chi connectivity index (χ1n) is 9.42. The molecule has 0 heterocycles. The smallest absolute Gasteiger partial charge is 0.254 e. The molecule has 1 aromatic rings. The summed E-state index contributed by atoms with van der Waals surface area (Å²) in [5.74, 6) is -0.817. The Labute approximate surface area is 166 Å². The summed E-state index contributed by atoms with van der Waals surface area (Å²) in [4.78, 5) is 28.3. The van der Waals surface area contributed by atoms with E-state index in [0.717, 1.165) is 0 Å². The maximum atomic E-state index is 12.8. The number of carbonyl (C=O) groups is 2. The van der Waals surface area contributed by atoms with Gasteiger partial charge in [-0.15, -0.1) is 0 Å². The predicted molar refractivity (Wildman–Crippen MR) is 105 cm³/mol. The van der Waals surface area contributed by atoms with E-state index in [9.17, 15) is 30.0 Å². The molecule has 0 spiro atoms. The largest absolute Gasteiger partial charge is 0.392 e. The number of aliphatic hydroxyl groups is 4. The van der Waals surface area contributed by atoms with Crippen molar-refractivity contribution in [3.8, 4) is 0 Å². The van der Waals surface area contributed by atoms with E-state index in [0.29, 0.717) is 0 Å². The van der Waals surface area contributed by atoms with Crippen LogP contribution in [0.3, 0.4) is 0 Å². The molecule has 0 radical (unpaired) electrons. The molecule has 0 bridgehead atoms. The fraction of sp³-hybridized carbons (Fsp3) is 0.600. The zero-order valence-electron chi connectivity index (χ0n) is 16.9. The van der Waals surface area contributed by atoms with E-state index < -0.39 is 36.2 Å². The van der Waals surface area contributed by atoms with E-state index in [1.54, 1.807) is 45.9 Å². The fourth-order valence-electron chi connectivity index (χ4n) is 2.91. The molecule has 28 heavy (non-hydrogen) atoms. The van der Waals surface area contributed by atoms with Gasteiger partial charge < -0.3 is 30.2 Å². The minimum Gasteiger partial charge on any atom is -0.392 e. The Morgan fingerprint density at radius 1 is 0.714 bits per heavy atom. The Hall–Kier alpha value is -2.00. The highest BCUT2D eigenvalue weighted by molar-refractivity contribution is 5.99. The zero-order chi connectivity index (χ0) is 21.4. The van der Waals surface area contributed by atoms with Gasteiger partial charge in [0.05, 0.1) is 24.4 Å². The molecule has 8 nitrogen and oxygen atoms in total. The standard InChI is InChI=1S/C20H32N2O6/c1-13(23)9-21(10-14(2)24)19(27)17-6-5-7-18(8-17)20(28)22(11-15(3)25)12-16(4)26/h5-8,13-16,23-26H,9-12H2,1-4H3. The first kappa shape index (κ1) is 24.0. The summed E-state index contributed by atoms with van der Waals surface area (Å²) in [5, 5.41) is 38.5. The molecule has 0 aliphatic heterocycles. The minimum absolute atomic E-state index is 0.0537. The van der Waals surface area contributed by atoms with Crippen LogP contribution in [0, 0.1) is 0 Å². The van der Waals surface area contributed by atoms with E-state index in [-0.39, 0.29) is 37.3 Å². The molecule has 4 unspecified atom stereocenters. The summed E-state index contributed by atoms with van der Waals surface area (Å²) in [6, 6.07) is 6.14. The normalized spacial score (nSPS) is 15.4. The van der Waals surface area contributed by atoms with Crippen molar-refractivity contribution in [1.29, 1.82) is 0 Å². The number of amides is 2. The Morgan fingerprint density at radius 3 is 1.25 bits per heavy atom. The summed E-state index contributed by atoms with van der Waals surface area (Å²) in [6.45, 7) is 6.41. The second kappa shape index (κ2) is 11.1. The Bertz CT molecular complexity index is 574. The third-order valence-electron chi connectivity index (χ3n) is 3.87. The highest BCUT2D eigenvalue weighted by atomic mass is 16.3. The number of hydrogen-bond donors (Lipinski definition) is 4. The van der Waals surface area contributed by atoms with Gasteiger partial charge in [0.1, 0.15) is 0 Å². The van der Waals surface area contributed by atoms with Gasteiger partial charge in [-0.05, 0) is 45.9 Å². The zero-order valence-corrected chi connectivity index (χ0v) is 16.9. The summed E-state index contributed by atoms with van der Waals surface area (Å²) in [6.07, 6.45) is -3.06. The molecule has 8 heteroatoms. The third kappa shape index (κ3) is 7.93. The maximum absolute atomic E-state index is 12.8. The average molecular weight is 396 g/mol. The second-order valence-corrected chi connectivity index (χ2v) is 7.40. The topological polar surface area (TPSA) is 122 Å². The lowest BCUT2D eigenvalue weighted by Crippen LogP contribution is -2.41. The molecule has 4 N–H and O–H groups in total.